The minimum absolute atomic E-state index is 0.148. The van der Waals surface area contributed by atoms with Gasteiger partial charge in [-0.3, -0.25) is 4.90 Å². The number of nitrogens with zero attached hydrogens (tertiary/aromatic N) is 3. The monoisotopic (exact) mass is 487 g/mol. The molecule has 0 aliphatic carbocycles. The summed E-state index contributed by atoms with van der Waals surface area (Å²) in [5.74, 6) is 0.596. The standard InChI is InChI=1S/C30H34FN3O2/c1-22(2)19-33(20-26(35)18-24-12-6-4-7-13-24)21-27-23(3)32-34(25-14-8-5-9-15-25)30(27)36-29-17-11-10-16-28(29)31/h4-17,22,26,35H,18-21H2,1-3H3. The third-order valence-electron chi connectivity index (χ3n) is 5.97. The Balaban J connectivity index is 1.65. The van der Waals surface area contributed by atoms with Crippen LogP contribution in [0.4, 0.5) is 4.39 Å². The molecule has 4 aromatic rings. The van der Waals surface area contributed by atoms with Gasteiger partial charge < -0.3 is 9.84 Å². The lowest BCUT2D eigenvalue weighted by atomic mass is 10.1. The van der Waals surface area contributed by atoms with Crippen LogP contribution in [-0.4, -0.2) is 39.0 Å². The van der Waals surface area contributed by atoms with Crippen molar-refractivity contribution in [1.29, 1.82) is 0 Å². The van der Waals surface area contributed by atoms with Gasteiger partial charge in [-0.2, -0.15) is 5.10 Å². The molecule has 6 heteroatoms. The third-order valence-corrected chi connectivity index (χ3v) is 5.97. The summed E-state index contributed by atoms with van der Waals surface area (Å²) >= 11 is 0. The molecule has 0 fully saturated rings. The molecule has 188 valence electrons. The first-order chi connectivity index (χ1) is 17.4. The van der Waals surface area contributed by atoms with Gasteiger partial charge in [0.05, 0.1) is 23.0 Å². The summed E-state index contributed by atoms with van der Waals surface area (Å²) in [7, 11) is 0. The smallest absolute Gasteiger partial charge is 0.227 e. The first-order valence-corrected chi connectivity index (χ1v) is 12.4. The number of hydrogen-bond acceptors (Lipinski definition) is 4. The number of aliphatic hydroxyl groups is 1. The number of aromatic nitrogens is 2. The van der Waals surface area contributed by atoms with Crippen molar-refractivity contribution in [2.45, 2.75) is 39.8 Å². The predicted molar refractivity (Wildman–Crippen MR) is 141 cm³/mol. The molecule has 1 atom stereocenters. The molecule has 0 radical (unpaired) electrons. The van der Waals surface area contributed by atoms with E-state index in [0.717, 1.165) is 29.1 Å². The number of benzene rings is 3. The van der Waals surface area contributed by atoms with E-state index in [1.54, 1.807) is 22.9 Å². The highest BCUT2D eigenvalue weighted by Gasteiger charge is 2.24. The van der Waals surface area contributed by atoms with Crippen LogP contribution in [0.2, 0.25) is 0 Å². The molecule has 0 amide bonds. The molecular weight excluding hydrogens is 453 g/mol. The van der Waals surface area contributed by atoms with Crippen LogP contribution in [0.15, 0.2) is 84.9 Å². The summed E-state index contributed by atoms with van der Waals surface area (Å²) in [6, 6.07) is 26.1. The quantitative estimate of drug-likeness (QED) is 0.275. The number of aryl methyl sites for hydroxylation is 1. The lowest BCUT2D eigenvalue weighted by Gasteiger charge is -2.27. The zero-order valence-corrected chi connectivity index (χ0v) is 21.1. The average Bonchev–Trinajstić information content (AvgIpc) is 3.16. The molecule has 0 spiro atoms. The summed E-state index contributed by atoms with van der Waals surface area (Å²) < 4.78 is 22.5. The molecular formula is C30H34FN3O2. The van der Waals surface area contributed by atoms with Gasteiger partial charge in [0.2, 0.25) is 5.88 Å². The maximum absolute atomic E-state index is 14.6. The van der Waals surface area contributed by atoms with E-state index >= 15 is 0 Å². The van der Waals surface area contributed by atoms with Gasteiger partial charge in [-0.25, -0.2) is 9.07 Å². The predicted octanol–water partition coefficient (Wildman–Crippen LogP) is 6.17. The van der Waals surface area contributed by atoms with Crippen LogP contribution < -0.4 is 4.74 Å². The molecule has 36 heavy (non-hydrogen) atoms. The number of hydrogen-bond donors (Lipinski definition) is 1. The summed E-state index contributed by atoms with van der Waals surface area (Å²) in [4.78, 5) is 2.23. The molecule has 4 rings (SSSR count). The van der Waals surface area contributed by atoms with Crippen LogP contribution in [0, 0.1) is 18.7 Å². The molecule has 1 heterocycles. The highest BCUT2D eigenvalue weighted by Crippen LogP contribution is 2.33. The Hall–Kier alpha value is -3.48. The minimum atomic E-state index is -0.522. The fourth-order valence-corrected chi connectivity index (χ4v) is 4.39. The topological polar surface area (TPSA) is 50.5 Å². The van der Waals surface area contributed by atoms with E-state index in [1.807, 2.05) is 67.6 Å². The molecule has 3 aromatic carbocycles. The second-order valence-corrected chi connectivity index (χ2v) is 9.58. The van der Waals surface area contributed by atoms with Crippen molar-refractivity contribution in [1.82, 2.24) is 14.7 Å². The Morgan fingerprint density at radius 1 is 0.917 bits per heavy atom. The Morgan fingerprint density at radius 2 is 1.56 bits per heavy atom. The van der Waals surface area contributed by atoms with E-state index in [2.05, 4.69) is 18.7 Å². The fraction of sp³-hybridized carbons (Fsp3) is 0.300. The molecule has 1 aromatic heterocycles. The first kappa shape index (κ1) is 25.6. The van der Waals surface area contributed by atoms with E-state index in [1.165, 1.54) is 6.07 Å². The lowest BCUT2D eigenvalue weighted by Crippen LogP contribution is -2.35. The number of ether oxygens (including phenoxy) is 1. The molecule has 0 aliphatic rings. The van der Waals surface area contributed by atoms with Crippen molar-refractivity contribution in [3.8, 4) is 17.3 Å². The fourth-order valence-electron chi connectivity index (χ4n) is 4.39. The highest BCUT2D eigenvalue weighted by atomic mass is 19.1. The third kappa shape index (κ3) is 6.59. The highest BCUT2D eigenvalue weighted by molar-refractivity contribution is 5.43. The van der Waals surface area contributed by atoms with Gasteiger partial charge >= 0.3 is 0 Å². The van der Waals surface area contributed by atoms with E-state index in [-0.39, 0.29) is 5.75 Å². The number of halogens is 1. The maximum atomic E-state index is 14.6. The van der Waals surface area contributed by atoms with Crippen molar-refractivity contribution in [2.75, 3.05) is 13.1 Å². The zero-order chi connectivity index (χ0) is 25.5. The van der Waals surface area contributed by atoms with Crippen LogP contribution in [0.3, 0.4) is 0 Å². The summed E-state index contributed by atoms with van der Waals surface area (Å²) in [6.07, 6.45) is 0.0579. The minimum Gasteiger partial charge on any atom is -0.435 e. The van der Waals surface area contributed by atoms with Gasteiger partial charge in [-0.1, -0.05) is 74.5 Å². The Morgan fingerprint density at radius 3 is 2.22 bits per heavy atom. The molecule has 0 aliphatic heterocycles. The number of para-hydroxylation sites is 2. The van der Waals surface area contributed by atoms with E-state index in [0.29, 0.717) is 31.3 Å². The van der Waals surface area contributed by atoms with Gasteiger partial charge in [0.25, 0.3) is 0 Å². The van der Waals surface area contributed by atoms with Crippen molar-refractivity contribution in [2.24, 2.45) is 5.92 Å². The average molecular weight is 488 g/mol. The van der Waals surface area contributed by atoms with Gasteiger partial charge in [-0.05, 0) is 49.1 Å². The molecule has 0 saturated heterocycles. The lowest BCUT2D eigenvalue weighted by molar-refractivity contribution is 0.101. The van der Waals surface area contributed by atoms with Gasteiger partial charge in [-0.15, -0.1) is 0 Å². The van der Waals surface area contributed by atoms with Gasteiger partial charge in [0.15, 0.2) is 11.6 Å². The Kier molecular flexibility index (Phi) is 8.52. The molecule has 1 N–H and O–H groups in total. The second kappa shape index (κ2) is 12.0. The number of aliphatic hydroxyl groups excluding tert-OH is 1. The first-order valence-electron chi connectivity index (χ1n) is 12.4. The molecule has 5 nitrogen and oxygen atoms in total. The van der Waals surface area contributed by atoms with E-state index < -0.39 is 11.9 Å². The van der Waals surface area contributed by atoms with Crippen LogP contribution >= 0.6 is 0 Å². The maximum Gasteiger partial charge on any atom is 0.227 e. The van der Waals surface area contributed by atoms with Crippen LogP contribution in [0.5, 0.6) is 11.6 Å². The molecule has 0 saturated carbocycles. The summed E-state index contributed by atoms with van der Waals surface area (Å²) in [5.41, 5.74) is 3.61. The van der Waals surface area contributed by atoms with Gasteiger partial charge in [0.1, 0.15) is 0 Å². The summed E-state index contributed by atoms with van der Waals surface area (Å²) in [5, 5.41) is 15.7. The van der Waals surface area contributed by atoms with Gasteiger partial charge in [0, 0.05) is 19.6 Å². The second-order valence-electron chi connectivity index (χ2n) is 9.58. The van der Waals surface area contributed by atoms with Crippen molar-refractivity contribution in [3.05, 3.63) is 108 Å². The van der Waals surface area contributed by atoms with Crippen LogP contribution in [0.25, 0.3) is 5.69 Å². The van der Waals surface area contributed by atoms with Crippen molar-refractivity contribution < 1.29 is 14.2 Å². The largest absolute Gasteiger partial charge is 0.435 e. The normalized spacial score (nSPS) is 12.3. The van der Waals surface area contributed by atoms with Crippen LogP contribution in [0.1, 0.15) is 30.7 Å². The van der Waals surface area contributed by atoms with Crippen LogP contribution in [-0.2, 0) is 13.0 Å². The summed E-state index contributed by atoms with van der Waals surface area (Å²) in [6.45, 7) is 8.08. The molecule has 0 bridgehead atoms. The van der Waals surface area contributed by atoms with E-state index in [9.17, 15) is 9.50 Å². The Bertz CT molecular complexity index is 1240. The number of rotatable bonds is 11. The zero-order valence-electron chi connectivity index (χ0n) is 21.1. The SMILES string of the molecule is Cc1nn(-c2ccccc2)c(Oc2ccccc2F)c1CN(CC(C)C)CC(O)Cc1ccccc1. The van der Waals surface area contributed by atoms with Crippen molar-refractivity contribution in [3.63, 3.8) is 0 Å². The Labute approximate surface area is 212 Å². The van der Waals surface area contributed by atoms with E-state index in [4.69, 9.17) is 9.84 Å². The van der Waals surface area contributed by atoms with Crippen molar-refractivity contribution >= 4 is 0 Å². The molecule has 1 unspecified atom stereocenters.